The van der Waals surface area contributed by atoms with Crippen LogP contribution in [0.4, 0.5) is 13.2 Å². The van der Waals surface area contributed by atoms with E-state index in [0.717, 1.165) is 32.5 Å². The zero-order valence-electron chi connectivity index (χ0n) is 14.6. The highest BCUT2D eigenvalue weighted by Gasteiger charge is 2.32. The average Bonchev–Trinajstić information content (AvgIpc) is 3.10. The highest BCUT2D eigenvalue weighted by Crippen LogP contribution is 2.25. The number of alkyl halides is 3. The average molecular weight is 355 g/mol. The van der Waals surface area contributed by atoms with E-state index < -0.39 is 12.7 Å². The normalized spacial score (nSPS) is 22.4. The van der Waals surface area contributed by atoms with Crippen LogP contribution in [0.3, 0.4) is 0 Å². The van der Waals surface area contributed by atoms with Crippen molar-refractivity contribution in [2.24, 2.45) is 0 Å². The van der Waals surface area contributed by atoms with E-state index in [1.165, 1.54) is 23.3 Å². The van der Waals surface area contributed by atoms with Crippen molar-refractivity contribution in [1.82, 2.24) is 15.1 Å². The van der Waals surface area contributed by atoms with Crippen molar-refractivity contribution in [3.63, 3.8) is 0 Å². The summed E-state index contributed by atoms with van der Waals surface area (Å²) in [4.78, 5) is 4.05. The highest BCUT2D eigenvalue weighted by atomic mass is 19.4. The zero-order valence-corrected chi connectivity index (χ0v) is 14.6. The van der Waals surface area contributed by atoms with Gasteiger partial charge in [-0.1, -0.05) is 30.3 Å². The quantitative estimate of drug-likeness (QED) is 0.843. The maximum atomic E-state index is 12.5. The molecule has 0 amide bonds. The molecule has 0 bridgehead atoms. The maximum Gasteiger partial charge on any atom is 0.401 e. The molecule has 2 heterocycles. The van der Waals surface area contributed by atoms with Gasteiger partial charge in [-0.15, -0.1) is 0 Å². The number of hydrogen-bond acceptors (Lipinski definition) is 3. The minimum Gasteiger partial charge on any atom is -0.312 e. The number of halogens is 3. The van der Waals surface area contributed by atoms with Gasteiger partial charge in [-0.25, -0.2) is 0 Å². The lowest BCUT2D eigenvalue weighted by atomic mass is 10.0. The third-order valence-corrected chi connectivity index (χ3v) is 5.36. The zero-order chi connectivity index (χ0) is 17.7. The molecule has 2 saturated heterocycles. The molecule has 3 rings (SSSR count). The second kappa shape index (κ2) is 8.52. The molecule has 0 aromatic heterocycles. The molecular formula is C19H28F3N3. The van der Waals surface area contributed by atoms with Crippen LogP contribution in [0.5, 0.6) is 0 Å². The van der Waals surface area contributed by atoms with Crippen molar-refractivity contribution in [1.29, 1.82) is 0 Å². The van der Waals surface area contributed by atoms with Gasteiger partial charge in [0.05, 0.1) is 6.54 Å². The van der Waals surface area contributed by atoms with Gasteiger partial charge in [0, 0.05) is 18.6 Å². The Morgan fingerprint density at radius 2 is 1.64 bits per heavy atom. The van der Waals surface area contributed by atoms with Gasteiger partial charge < -0.3 is 5.32 Å². The summed E-state index contributed by atoms with van der Waals surface area (Å²) in [5.74, 6) is 0. The van der Waals surface area contributed by atoms with E-state index in [2.05, 4.69) is 34.5 Å². The van der Waals surface area contributed by atoms with Gasteiger partial charge in [0.1, 0.15) is 0 Å². The van der Waals surface area contributed by atoms with Crippen LogP contribution in [-0.4, -0.2) is 61.3 Å². The van der Waals surface area contributed by atoms with E-state index in [1.54, 1.807) is 0 Å². The summed E-state index contributed by atoms with van der Waals surface area (Å²) in [6, 6.07) is 11.2. The smallest absolute Gasteiger partial charge is 0.312 e. The molecule has 1 atom stereocenters. The molecule has 3 nitrogen and oxygen atoms in total. The van der Waals surface area contributed by atoms with Gasteiger partial charge in [-0.2, -0.15) is 13.2 Å². The Kier molecular flexibility index (Phi) is 6.36. The number of likely N-dealkylation sites (tertiary alicyclic amines) is 2. The second-order valence-electron chi connectivity index (χ2n) is 7.24. The largest absolute Gasteiger partial charge is 0.401 e. The molecule has 1 N–H and O–H groups in total. The summed E-state index contributed by atoms with van der Waals surface area (Å²) in [5.41, 5.74) is 1.33. The molecular weight excluding hydrogens is 327 g/mol. The predicted molar refractivity (Wildman–Crippen MR) is 93.5 cm³/mol. The minimum atomic E-state index is -4.09. The van der Waals surface area contributed by atoms with E-state index in [9.17, 15) is 13.2 Å². The number of rotatable bonds is 6. The molecule has 1 aromatic rings. The van der Waals surface area contributed by atoms with E-state index in [0.29, 0.717) is 25.2 Å². The van der Waals surface area contributed by atoms with Crippen LogP contribution in [0.1, 0.15) is 37.3 Å². The molecule has 1 unspecified atom stereocenters. The summed E-state index contributed by atoms with van der Waals surface area (Å²) in [5, 5.41) is 3.63. The molecule has 0 aliphatic carbocycles. The van der Waals surface area contributed by atoms with Gasteiger partial charge in [0.2, 0.25) is 0 Å². The fraction of sp³-hybridized carbons (Fsp3) is 0.684. The summed E-state index contributed by atoms with van der Waals surface area (Å²) in [7, 11) is 0. The first-order valence-corrected chi connectivity index (χ1v) is 9.33. The molecule has 1 aromatic carbocycles. The van der Waals surface area contributed by atoms with Crippen molar-refractivity contribution in [3.05, 3.63) is 35.9 Å². The van der Waals surface area contributed by atoms with E-state index in [-0.39, 0.29) is 0 Å². The monoisotopic (exact) mass is 355 g/mol. The Morgan fingerprint density at radius 3 is 2.24 bits per heavy atom. The fourth-order valence-electron chi connectivity index (χ4n) is 4.01. The van der Waals surface area contributed by atoms with Crippen LogP contribution < -0.4 is 5.32 Å². The van der Waals surface area contributed by atoms with Crippen molar-refractivity contribution in [2.45, 2.75) is 43.9 Å². The van der Waals surface area contributed by atoms with Crippen molar-refractivity contribution in [3.8, 4) is 0 Å². The summed E-state index contributed by atoms with van der Waals surface area (Å²) in [6.45, 7) is 3.40. The number of nitrogens with zero attached hydrogens (tertiary/aromatic N) is 2. The van der Waals surface area contributed by atoms with Gasteiger partial charge in [-0.05, 0) is 57.4 Å². The molecule has 2 fully saturated rings. The first-order valence-electron chi connectivity index (χ1n) is 9.33. The Balaban J connectivity index is 1.50. The predicted octanol–water partition coefficient (Wildman–Crippen LogP) is 3.44. The van der Waals surface area contributed by atoms with Crippen LogP contribution in [0.25, 0.3) is 0 Å². The van der Waals surface area contributed by atoms with Crippen LogP contribution in [0, 0.1) is 0 Å². The third-order valence-electron chi connectivity index (χ3n) is 5.36. The van der Waals surface area contributed by atoms with Crippen molar-refractivity contribution in [2.75, 3.05) is 39.3 Å². The first-order chi connectivity index (χ1) is 12.0. The first kappa shape index (κ1) is 18.7. The number of benzene rings is 1. The molecule has 25 heavy (non-hydrogen) atoms. The van der Waals surface area contributed by atoms with Crippen molar-refractivity contribution >= 4 is 0 Å². The molecule has 0 saturated carbocycles. The van der Waals surface area contributed by atoms with Crippen LogP contribution in [-0.2, 0) is 0 Å². The molecule has 6 heteroatoms. The molecule has 2 aliphatic rings. The lowest BCUT2D eigenvalue weighted by Crippen LogP contribution is -2.47. The minimum absolute atomic E-state index is 0.318. The van der Waals surface area contributed by atoms with E-state index in [4.69, 9.17) is 0 Å². The van der Waals surface area contributed by atoms with Gasteiger partial charge >= 0.3 is 6.18 Å². The Labute approximate surface area is 148 Å². The molecule has 0 spiro atoms. The van der Waals surface area contributed by atoms with Crippen LogP contribution >= 0.6 is 0 Å². The van der Waals surface area contributed by atoms with Crippen LogP contribution in [0.2, 0.25) is 0 Å². The Morgan fingerprint density at radius 1 is 1.00 bits per heavy atom. The fourth-order valence-corrected chi connectivity index (χ4v) is 4.01. The molecule has 2 aliphatic heterocycles. The van der Waals surface area contributed by atoms with E-state index >= 15 is 0 Å². The lowest BCUT2D eigenvalue weighted by molar-refractivity contribution is -0.148. The van der Waals surface area contributed by atoms with Gasteiger partial charge in [0.15, 0.2) is 0 Å². The topological polar surface area (TPSA) is 18.5 Å². The maximum absolute atomic E-state index is 12.5. The SMILES string of the molecule is FC(F)(F)CN1CCC(NCC(c2ccccc2)N2CCCC2)CC1. The highest BCUT2D eigenvalue weighted by molar-refractivity contribution is 5.19. The third kappa shape index (κ3) is 5.69. The summed E-state index contributed by atoms with van der Waals surface area (Å²) < 4.78 is 37.5. The van der Waals surface area contributed by atoms with Crippen molar-refractivity contribution < 1.29 is 13.2 Å². The number of nitrogens with one attached hydrogen (secondary N) is 1. The van der Waals surface area contributed by atoms with Gasteiger partial charge in [0.25, 0.3) is 0 Å². The number of hydrogen-bond donors (Lipinski definition) is 1. The van der Waals surface area contributed by atoms with E-state index in [1.807, 2.05) is 6.07 Å². The standard InChI is InChI=1S/C19H28F3N3/c20-19(21,22)15-24-12-8-17(9-13-24)23-14-18(25-10-4-5-11-25)16-6-2-1-3-7-16/h1-3,6-7,17-18,23H,4-5,8-15H2. The lowest BCUT2D eigenvalue weighted by Gasteiger charge is -2.35. The summed E-state index contributed by atoms with van der Waals surface area (Å²) in [6.07, 6.45) is -0.0120. The molecule has 140 valence electrons. The second-order valence-corrected chi connectivity index (χ2v) is 7.24. The summed E-state index contributed by atoms with van der Waals surface area (Å²) >= 11 is 0. The Bertz CT molecular complexity index is 506. The Hall–Kier alpha value is -1.11. The number of piperidine rings is 1. The van der Waals surface area contributed by atoms with Gasteiger partial charge in [-0.3, -0.25) is 9.80 Å². The van der Waals surface area contributed by atoms with Crippen LogP contribution in [0.15, 0.2) is 30.3 Å². The molecule has 0 radical (unpaired) electrons.